The molecule has 0 radical (unpaired) electrons. The maximum atomic E-state index is 11.9. The Kier molecular flexibility index (Phi) is 8.01. The average molecular weight is 311 g/mol. The number of hydrogen-bond acceptors (Lipinski definition) is 4. The van der Waals surface area contributed by atoms with E-state index in [9.17, 15) is 4.79 Å². The second-order valence-corrected chi connectivity index (χ2v) is 4.04. The molecule has 1 atom stereocenters. The number of nitrogens with zero attached hydrogens (tertiary/aromatic N) is 2. The molecule has 1 aliphatic rings. The van der Waals surface area contributed by atoms with Crippen LogP contribution in [0.2, 0.25) is 0 Å². The van der Waals surface area contributed by atoms with E-state index in [-0.39, 0.29) is 30.7 Å². The Morgan fingerprint density at radius 1 is 1.63 bits per heavy atom. The van der Waals surface area contributed by atoms with E-state index in [4.69, 9.17) is 4.74 Å². The van der Waals surface area contributed by atoms with Crippen LogP contribution in [0.25, 0.3) is 0 Å². The van der Waals surface area contributed by atoms with Gasteiger partial charge in [0.2, 0.25) is 0 Å². The summed E-state index contributed by atoms with van der Waals surface area (Å²) >= 11 is 0. The van der Waals surface area contributed by atoms with Gasteiger partial charge >= 0.3 is 0 Å². The molecule has 1 saturated heterocycles. The zero-order valence-corrected chi connectivity index (χ0v) is 12.6. The molecule has 8 heteroatoms. The first-order chi connectivity index (χ1) is 8.20. The number of anilines is 1. The summed E-state index contributed by atoms with van der Waals surface area (Å²) in [5.74, 6) is -0.115. The van der Waals surface area contributed by atoms with Gasteiger partial charge in [0.1, 0.15) is 6.10 Å². The molecule has 110 valence electrons. The van der Waals surface area contributed by atoms with Crippen molar-refractivity contribution >= 4 is 36.4 Å². The highest BCUT2D eigenvalue weighted by Gasteiger charge is 2.22. The lowest BCUT2D eigenvalue weighted by Gasteiger charge is -2.22. The number of rotatable bonds is 3. The van der Waals surface area contributed by atoms with Gasteiger partial charge in [0.05, 0.1) is 18.0 Å². The Hall–Kier alpha value is -0.820. The monoisotopic (exact) mass is 310 g/mol. The van der Waals surface area contributed by atoms with Crippen LogP contribution < -0.4 is 10.6 Å². The van der Waals surface area contributed by atoms with Crippen LogP contribution in [0.5, 0.6) is 0 Å². The molecule has 1 amide bonds. The van der Waals surface area contributed by atoms with Crippen LogP contribution in [-0.2, 0) is 16.1 Å². The van der Waals surface area contributed by atoms with Gasteiger partial charge in [-0.2, -0.15) is 5.10 Å². The molecule has 1 unspecified atom stereocenters. The average Bonchev–Trinajstić information content (AvgIpc) is 2.71. The number of aromatic nitrogens is 2. The van der Waals surface area contributed by atoms with Crippen molar-refractivity contribution in [2.45, 2.75) is 26.5 Å². The zero-order valence-electron chi connectivity index (χ0n) is 11.0. The van der Waals surface area contributed by atoms with Crippen molar-refractivity contribution in [2.24, 2.45) is 0 Å². The lowest BCUT2D eigenvalue weighted by molar-refractivity contribution is -0.128. The number of morpholine rings is 1. The molecule has 0 spiro atoms. The number of aryl methyl sites for hydroxylation is 2. The molecule has 1 aromatic rings. The van der Waals surface area contributed by atoms with Crippen LogP contribution in [0.3, 0.4) is 0 Å². The van der Waals surface area contributed by atoms with Crippen LogP contribution in [0.4, 0.5) is 5.69 Å². The number of ether oxygens (including phenoxy) is 1. The van der Waals surface area contributed by atoms with Gasteiger partial charge in [0.25, 0.3) is 5.91 Å². The number of hydrogen-bond donors (Lipinski definition) is 2. The number of halogens is 2. The predicted molar refractivity (Wildman–Crippen MR) is 78.4 cm³/mol. The molecule has 0 aromatic carbocycles. The Balaban J connectivity index is 0.00000162. The summed E-state index contributed by atoms with van der Waals surface area (Å²) in [4.78, 5) is 11.9. The maximum Gasteiger partial charge on any atom is 0.254 e. The number of carbonyl (C=O) groups excluding carboxylic acids is 1. The molecular weight excluding hydrogens is 291 g/mol. The van der Waals surface area contributed by atoms with E-state index in [1.165, 1.54) is 0 Å². The predicted octanol–water partition coefficient (Wildman–Crippen LogP) is 0.982. The minimum absolute atomic E-state index is 0. The summed E-state index contributed by atoms with van der Waals surface area (Å²) < 4.78 is 7.18. The second kappa shape index (κ2) is 8.37. The SMILES string of the molecule is CCn1cc(NC(=O)C2CNCCO2)c(C)n1.Cl.Cl. The standard InChI is InChI=1S/C11H18N4O2.2ClH/c1-3-15-7-9(8(2)14-15)13-11(16)10-6-12-4-5-17-10;;/h7,10,12H,3-6H2,1-2H3,(H,13,16);2*1H. The lowest BCUT2D eigenvalue weighted by Crippen LogP contribution is -2.45. The van der Waals surface area contributed by atoms with Gasteiger partial charge in [-0.3, -0.25) is 9.48 Å². The fourth-order valence-corrected chi connectivity index (χ4v) is 1.75. The Bertz CT molecular complexity index is 405. The van der Waals surface area contributed by atoms with E-state index in [0.717, 1.165) is 24.5 Å². The first-order valence-corrected chi connectivity index (χ1v) is 5.88. The second-order valence-electron chi connectivity index (χ2n) is 4.04. The van der Waals surface area contributed by atoms with Crippen molar-refractivity contribution in [1.29, 1.82) is 0 Å². The number of carbonyl (C=O) groups is 1. The van der Waals surface area contributed by atoms with Crippen LogP contribution in [0, 0.1) is 6.92 Å². The topological polar surface area (TPSA) is 68.2 Å². The fourth-order valence-electron chi connectivity index (χ4n) is 1.75. The fraction of sp³-hybridized carbons (Fsp3) is 0.636. The Morgan fingerprint density at radius 2 is 2.37 bits per heavy atom. The highest BCUT2D eigenvalue weighted by Crippen LogP contribution is 2.13. The lowest BCUT2D eigenvalue weighted by atomic mass is 10.2. The molecule has 1 aliphatic heterocycles. The van der Waals surface area contributed by atoms with Gasteiger partial charge in [0.15, 0.2) is 0 Å². The van der Waals surface area contributed by atoms with Gasteiger partial charge in [0, 0.05) is 25.8 Å². The summed E-state index contributed by atoms with van der Waals surface area (Å²) in [5.41, 5.74) is 1.58. The highest BCUT2D eigenvalue weighted by atomic mass is 35.5. The third-order valence-corrected chi connectivity index (χ3v) is 2.75. The van der Waals surface area contributed by atoms with Gasteiger partial charge in [-0.1, -0.05) is 0 Å². The molecule has 2 rings (SSSR count). The summed E-state index contributed by atoms with van der Waals surface area (Å²) in [5, 5.41) is 10.2. The molecule has 0 saturated carbocycles. The van der Waals surface area contributed by atoms with Crippen molar-refractivity contribution in [3.8, 4) is 0 Å². The van der Waals surface area contributed by atoms with E-state index in [1.54, 1.807) is 4.68 Å². The minimum Gasteiger partial charge on any atom is -0.366 e. The van der Waals surface area contributed by atoms with Gasteiger partial charge in [-0.25, -0.2) is 0 Å². The van der Waals surface area contributed by atoms with E-state index in [2.05, 4.69) is 15.7 Å². The van der Waals surface area contributed by atoms with Crippen molar-refractivity contribution in [1.82, 2.24) is 15.1 Å². The Morgan fingerprint density at radius 3 is 2.89 bits per heavy atom. The third kappa shape index (κ3) is 4.65. The quantitative estimate of drug-likeness (QED) is 0.873. The molecule has 2 heterocycles. The first-order valence-electron chi connectivity index (χ1n) is 5.88. The molecule has 0 bridgehead atoms. The molecule has 6 nitrogen and oxygen atoms in total. The molecule has 1 aromatic heterocycles. The van der Waals surface area contributed by atoms with Crippen LogP contribution in [0.1, 0.15) is 12.6 Å². The van der Waals surface area contributed by atoms with Gasteiger partial charge < -0.3 is 15.4 Å². The summed E-state index contributed by atoms with van der Waals surface area (Å²) in [6.45, 7) is 6.61. The first kappa shape index (κ1) is 18.2. The molecule has 1 fully saturated rings. The van der Waals surface area contributed by atoms with E-state index in [0.29, 0.717) is 13.2 Å². The van der Waals surface area contributed by atoms with E-state index < -0.39 is 6.10 Å². The summed E-state index contributed by atoms with van der Waals surface area (Å²) in [7, 11) is 0. The zero-order chi connectivity index (χ0) is 12.3. The molecule has 2 N–H and O–H groups in total. The number of nitrogens with one attached hydrogen (secondary N) is 2. The smallest absolute Gasteiger partial charge is 0.254 e. The van der Waals surface area contributed by atoms with Crippen LogP contribution in [-0.4, -0.2) is 41.5 Å². The molecular formula is C11H20Cl2N4O2. The Labute approximate surface area is 125 Å². The maximum absolute atomic E-state index is 11.9. The van der Waals surface area contributed by atoms with E-state index >= 15 is 0 Å². The van der Waals surface area contributed by atoms with Crippen molar-refractivity contribution in [3.05, 3.63) is 11.9 Å². The highest BCUT2D eigenvalue weighted by molar-refractivity contribution is 5.94. The van der Waals surface area contributed by atoms with Crippen molar-refractivity contribution in [3.63, 3.8) is 0 Å². The normalized spacial score (nSPS) is 18.1. The summed E-state index contributed by atoms with van der Waals surface area (Å²) in [6, 6.07) is 0. The third-order valence-electron chi connectivity index (χ3n) is 2.75. The largest absolute Gasteiger partial charge is 0.366 e. The van der Waals surface area contributed by atoms with Crippen LogP contribution >= 0.6 is 24.8 Å². The van der Waals surface area contributed by atoms with Gasteiger partial charge in [-0.15, -0.1) is 24.8 Å². The molecule has 19 heavy (non-hydrogen) atoms. The number of amides is 1. The minimum atomic E-state index is -0.409. The van der Waals surface area contributed by atoms with E-state index in [1.807, 2.05) is 20.0 Å². The van der Waals surface area contributed by atoms with Gasteiger partial charge in [-0.05, 0) is 13.8 Å². The van der Waals surface area contributed by atoms with Crippen molar-refractivity contribution < 1.29 is 9.53 Å². The summed E-state index contributed by atoms with van der Waals surface area (Å²) in [6.07, 6.45) is 1.43. The van der Waals surface area contributed by atoms with Crippen LogP contribution in [0.15, 0.2) is 6.20 Å². The van der Waals surface area contributed by atoms with Crippen molar-refractivity contribution in [2.75, 3.05) is 25.0 Å². The molecule has 0 aliphatic carbocycles.